The molecule has 1 atom stereocenters. The second kappa shape index (κ2) is 6.03. The minimum Gasteiger partial charge on any atom is -0.352 e. The fourth-order valence-corrected chi connectivity index (χ4v) is 1.56. The van der Waals surface area contributed by atoms with Gasteiger partial charge in [-0.1, -0.05) is 6.07 Å². The van der Waals surface area contributed by atoms with Crippen LogP contribution in [0.4, 0.5) is 0 Å². The van der Waals surface area contributed by atoms with Gasteiger partial charge in [-0.2, -0.15) is 0 Å². The first kappa shape index (κ1) is 13.2. The molecule has 1 aromatic rings. The Hall–Kier alpha value is -0.850. The van der Waals surface area contributed by atoms with Crippen LogP contribution in [0, 0.1) is 6.92 Å². The average molecular weight is 332 g/mol. The van der Waals surface area contributed by atoms with Gasteiger partial charge in [-0.05, 0) is 25.0 Å². The molecule has 88 valence electrons. The summed E-state index contributed by atoms with van der Waals surface area (Å²) in [4.78, 5) is 8.47. The summed E-state index contributed by atoms with van der Waals surface area (Å²) in [5.74, 6) is 0.893. The van der Waals surface area contributed by atoms with Gasteiger partial charge in [-0.25, -0.2) is 0 Å². The lowest BCUT2D eigenvalue weighted by atomic mass is 10.2. The Balaban J connectivity index is 0.00000128. The second-order valence-electron chi connectivity index (χ2n) is 3.96. The molecule has 1 aliphatic rings. The maximum Gasteiger partial charge on any atom is 0.191 e. The zero-order valence-corrected chi connectivity index (χ0v) is 11.9. The Morgan fingerprint density at radius 2 is 2.31 bits per heavy atom. The number of halogens is 1. The van der Waals surface area contributed by atoms with Gasteiger partial charge in [-0.15, -0.1) is 24.0 Å². The highest BCUT2D eigenvalue weighted by Gasteiger charge is 2.11. The molecule has 0 saturated carbocycles. The highest BCUT2D eigenvalue weighted by atomic mass is 127. The number of aliphatic imine (C=N–C) groups is 1. The number of nitrogens with zero attached hydrogens (tertiary/aromatic N) is 2. The number of hydrogen-bond donors (Lipinski definition) is 2. The molecule has 0 bridgehead atoms. The maximum absolute atomic E-state index is 4.33. The van der Waals surface area contributed by atoms with Gasteiger partial charge in [0, 0.05) is 25.0 Å². The summed E-state index contributed by atoms with van der Waals surface area (Å²) < 4.78 is 0. The van der Waals surface area contributed by atoms with Crippen molar-refractivity contribution in [3.8, 4) is 0 Å². The molecule has 4 nitrogen and oxygen atoms in total. The fourth-order valence-electron chi connectivity index (χ4n) is 1.56. The lowest BCUT2D eigenvalue weighted by molar-refractivity contribution is 0.713. The van der Waals surface area contributed by atoms with E-state index in [-0.39, 0.29) is 24.0 Å². The number of rotatable bonds is 2. The minimum atomic E-state index is 0. The van der Waals surface area contributed by atoms with E-state index in [0.717, 1.165) is 19.0 Å². The first-order valence-electron chi connectivity index (χ1n) is 5.19. The minimum absolute atomic E-state index is 0. The maximum atomic E-state index is 4.33. The first-order chi connectivity index (χ1) is 7.24. The number of nitrogens with one attached hydrogen (secondary N) is 2. The van der Waals surface area contributed by atoms with E-state index in [1.807, 2.05) is 19.3 Å². The molecule has 2 rings (SSSR count). The van der Waals surface area contributed by atoms with Crippen LogP contribution >= 0.6 is 24.0 Å². The molecular weight excluding hydrogens is 315 g/mol. The van der Waals surface area contributed by atoms with Crippen molar-refractivity contribution in [3.63, 3.8) is 0 Å². The van der Waals surface area contributed by atoms with Gasteiger partial charge in [-0.3, -0.25) is 9.98 Å². The number of hydrogen-bond acceptors (Lipinski definition) is 4. The van der Waals surface area contributed by atoms with Crippen LogP contribution in [0.3, 0.4) is 0 Å². The predicted octanol–water partition coefficient (Wildman–Crippen LogP) is 1.45. The van der Waals surface area contributed by atoms with Gasteiger partial charge in [0.25, 0.3) is 0 Å². The van der Waals surface area contributed by atoms with E-state index in [0.29, 0.717) is 6.04 Å². The van der Waals surface area contributed by atoms with E-state index in [1.165, 1.54) is 11.1 Å². The van der Waals surface area contributed by atoms with E-state index < -0.39 is 0 Å². The Morgan fingerprint density at radius 3 is 2.94 bits per heavy atom. The summed E-state index contributed by atoms with van der Waals surface area (Å²) in [7, 11) is 0. The SMILES string of the molecule is Cc1cncc(CNC2=NCC(C)N2)c1.I. The molecule has 2 heterocycles. The number of aromatic nitrogens is 1. The molecule has 1 aliphatic heterocycles. The molecule has 0 amide bonds. The quantitative estimate of drug-likeness (QED) is 0.806. The van der Waals surface area contributed by atoms with Gasteiger partial charge in [0.15, 0.2) is 5.96 Å². The summed E-state index contributed by atoms with van der Waals surface area (Å²) in [6.45, 7) is 5.79. The third-order valence-electron chi connectivity index (χ3n) is 2.30. The number of pyridine rings is 1. The average Bonchev–Trinajstić information content (AvgIpc) is 2.62. The molecule has 1 aromatic heterocycles. The van der Waals surface area contributed by atoms with Crippen LogP contribution in [0.1, 0.15) is 18.1 Å². The molecule has 0 saturated heterocycles. The van der Waals surface area contributed by atoms with Crippen molar-refractivity contribution in [1.82, 2.24) is 15.6 Å². The lowest BCUT2D eigenvalue weighted by Gasteiger charge is -2.08. The van der Waals surface area contributed by atoms with Crippen LogP contribution < -0.4 is 10.6 Å². The molecule has 0 aromatic carbocycles. The molecule has 0 aliphatic carbocycles. The molecule has 16 heavy (non-hydrogen) atoms. The third-order valence-corrected chi connectivity index (χ3v) is 2.30. The van der Waals surface area contributed by atoms with Crippen LogP contribution in [0.2, 0.25) is 0 Å². The Kier molecular flexibility index (Phi) is 4.98. The van der Waals surface area contributed by atoms with Gasteiger partial charge in [0.2, 0.25) is 0 Å². The molecular formula is C11H17IN4. The van der Waals surface area contributed by atoms with E-state index in [9.17, 15) is 0 Å². The highest BCUT2D eigenvalue weighted by molar-refractivity contribution is 14.0. The van der Waals surface area contributed by atoms with Gasteiger partial charge in [0.05, 0.1) is 6.54 Å². The zero-order valence-electron chi connectivity index (χ0n) is 9.53. The standard InChI is InChI=1S/C11H16N4.HI/c1-8-3-10(6-12-4-8)7-14-11-13-5-9(2)15-11;/h3-4,6,9H,5,7H2,1-2H3,(H2,13,14,15);1H. The van der Waals surface area contributed by atoms with Crippen LogP contribution in [0.15, 0.2) is 23.5 Å². The van der Waals surface area contributed by atoms with Gasteiger partial charge in [0.1, 0.15) is 0 Å². The van der Waals surface area contributed by atoms with Gasteiger partial charge >= 0.3 is 0 Å². The van der Waals surface area contributed by atoms with E-state index >= 15 is 0 Å². The van der Waals surface area contributed by atoms with Gasteiger partial charge < -0.3 is 10.6 Å². The van der Waals surface area contributed by atoms with Crippen molar-refractivity contribution in [2.24, 2.45) is 4.99 Å². The molecule has 1 unspecified atom stereocenters. The van der Waals surface area contributed by atoms with E-state index in [4.69, 9.17) is 0 Å². The van der Waals surface area contributed by atoms with Crippen molar-refractivity contribution in [3.05, 3.63) is 29.6 Å². The lowest BCUT2D eigenvalue weighted by Crippen LogP contribution is -2.37. The van der Waals surface area contributed by atoms with Crippen LogP contribution in [-0.2, 0) is 6.54 Å². The van der Waals surface area contributed by atoms with Crippen molar-refractivity contribution < 1.29 is 0 Å². The van der Waals surface area contributed by atoms with Crippen LogP contribution in [0.5, 0.6) is 0 Å². The Labute approximate surface area is 113 Å². The third kappa shape index (κ3) is 3.62. The fraction of sp³-hybridized carbons (Fsp3) is 0.455. The number of aryl methyl sites for hydroxylation is 1. The molecule has 0 radical (unpaired) electrons. The topological polar surface area (TPSA) is 49.3 Å². The largest absolute Gasteiger partial charge is 0.352 e. The van der Waals surface area contributed by atoms with Crippen molar-refractivity contribution in [2.45, 2.75) is 26.4 Å². The number of guanidine groups is 1. The zero-order chi connectivity index (χ0) is 10.7. The van der Waals surface area contributed by atoms with Crippen molar-refractivity contribution in [1.29, 1.82) is 0 Å². The summed E-state index contributed by atoms with van der Waals surface area (Å²) in [6, 6.07) is 2.57. The molecule has 0 fully saturated rings. The monoisotopic (exact) mass is 332 g/mol. The Morgan fingerprint density at radius 1 is 1.50 bits per heavy atom. The molecule has 2 N–H and O–H groups in total. The van der Waals surface area contributed by atoms with Crippen LogP contribution in [0.25, 0.3) is 0 Å². The predicted molar refractivity (Wildman–Crippen MR) is 76.1 cm³/mol. The summed E-state index contributed by atoms with van der Waals surface area (Å²) in [5, 5.41) is 6.51. The van der Waals surface area contributed by atoms with Crippen molar-refractivity contribution >= 4 is 29.9 Å². The van der Waals surface area contributed by atoms with E-state index in [1.54, 1.807) is 0 Å². The second-order valence-corrected chi connectivity index (χ2v) is 3.96. The molecule has 0 spiro atoms. The summed E-state index contributed by atoms with van der Waals surface area (Å²) in [5.41, 5.74) is 2.36. The smallest absolute Gasteiger partial charge is 0.191 e. The van der Waals surface area contributed by atoms with Crippen LogP contribution in [-0.4, -0.2) is 23.5 Å². The Bertz CT molecular complexity index is 378. The highest BCUT2D eigenvalue weighted by Crippen LogP contribution is 2.01. The summed E-state index contributed by atoms with van der Waals surface area (Å²) >= 11 is 0. The summed E-state index contributed by atoms with van der Waals surface area (Å²) in [6.07, 6.45) is 3.73. The normalized spacial score (nSPS) is 18.4. The molecule has 5 heteroatoms. The van der Waals surface area contributed by atoms with Crippen molar-refractivity contribution in [2.75, 3.05) is 6.54 Å². The first-order valence-corrected chi connectivity index (χ1v) is 5.19. The van der Waals surface area contributed by atoms with E-state index in [2.05, 4.69) is 33.6 Å².